The van der Waals surface area contributed by atoms with Gasteiger partial charge in [-0.2, -0.15) is 0 Å². The summed E-state index contributed by atoms with van der Waals surface area (Å²) in [6.07, 6.45) is 5.91. The predicted octanol–water partition coefficient (Wildman–Crippen LogP) is 4.05. The average Bonchev–Trinajstić information content (AvgIpc) is 3.03. The molecule has 0 aliphatic heterocycles. The van der Waals surface area contributed by atoms with Crippen LogP contribution in [0.5, 0.6) is 0 Å². The smallest absolute Gasteiger partial charge is 0.0657 e. The van der Waals surface area contributed by atoms with Gasteiger partial charge < -0.3 is 9.88 Å². The molecular formula is C17H17N3. The second kappa shape index (κ2) is 5.61. The second-order valence-electron chi connectivity index (χ2n) is 4.76. The zero-order valence-corrected chi connectivity index (χ0v) is 11.4. The Kier molecular flexibility index (Phi) is 3.50. The number of aromatic nitrogens is 2. The van der Waals surface area contributed by atoms with Crippen LogP contribution in [0.1, 0.15) is 18.7 Å². The molecule has 3 nitrogen and oxygen atoms in total. The van der Waals surface area contributed by atoms with Crippen LogP contribution in [0.2, 0.25) is 0 Å². The van der Waals surface area contributed by atoms with Gasteiger partial charge in [0.05, 0.1) is 11.7 Å². The van der Waals surface area contributed by atoms with Gasteiger partial charge in [0, 0.05) is 30.0 Å². The minimum absolute atomic E-state index is 0.177. The second-order valence-corrected chi connectivity index (χ2v) is 4.76. The molecule has 0 aliphatic rings. The van der Waals surface area contributed by atoms with Crippen LogP contribution in [-0.4, -0.2) is 9.55 Å². The van der Waals surface area contributed by atoms with Crippen LogP contribution in [-0.2, 0) is 0 Å². The molecule has 100 valence electrons. The number of hydrogen-bond acceptors (Lipinski definition) is 2. The van der Waals surface area contributed by atoms with Crippen molar-refractivity contribution in [1.29, 1.82) is 0 Å². The van der Waals surface area contributed by atoms with E-state index in [1.807, 2.05) is 48.9 Å². The highest BCUT2D eigenvalue weighted by Crippen LogP contribution is 2.20. The van der Waals surface area contributed by atoms with Crippen LogP contribution in [0.3, 0.4) is 0 Å². The molecule has 1 N–H and O–H groups in total. The van der Waals surface area contributed by atoms with E-state index in [1.165, 1.54) is 0 Å². The molecule has 0 saturated heterocycles. The Morgan fingerprint density at radius 1 is 1.00 bits per heavy atom. The lowest BCUT2D eigenvalue weighted by Crippen LogP contribution is -2.08. The largest absolute Gasteiger partial charge is 0.377 e. The number of pyridine rings is 1. The Balaban J connectivity index is 1.80. The van der Waals surface area contributed by atoms with Gasteiger partial charge in [0.1, 0.15) is 0 Å². The van der Waals surface area contributed by atoms with Gasteiger partial charge >= 0.3 is 0 Å². The number of nitrogens with one attached hydrogen (secondary N) is 1. The van der Waals surface area contributed by atoms with Crippen molar-refractivity contribution in [3.8, 4) is 5.69 Å². The predicted molar refractivity (Wildman–Crippen MR) is 82.0 cm³/mol. The molecule has 1 atom stereocenters. The van der Waals surface area contributed by atoms with Crippen molar-refractivity contribution in [2.45, 2.75) is 13.0 Å². The molecule has 1 aromatic carbocycles. The lowest BCUT2D eigenvalue weighted by atomic mass is 10.2. The summed E-state index contributed by atoms with van der Waals surface area (Å²) < 4.78 is 2.09. The van der Waals surface area contributed by atoms with E-state index in [1.54, 1.807) is 0 Å². The number of anilines is 1. The first-order valence-corrected chi connectivity index (χ1v) is 6.74. The minimum atomic E-state index is 0.177. The van der Waals surface area contributed by atoms with Crippen LogP contribution in [0.4, 0.5) is 5.69 Å². The van der Waals surface area contributed by atoms with Crippen molar-refractivity contribution in [2.24, 2.45) is 0 Å². The molecule has 3 rings (SSSR count). The maximum absolute atomic E-state index is 4.38. The minimum Gasteiger partial charge on any atom is -0.377 e. The van der Waals surface area contributed by atoms with Crippen molar-refractivity contribution in [3.63, 3.8) is 0 Å². The van der Waals surface area contributed by atoms with Gasteiger partial charge in [0.15, 0.2) is 0 Å². The highest BCUT2D eigenvalue weighted by molar-refractivity contribution is 5.52. The topological polar surface area (TPSA) is 29.9 Å². The lowest BCUT2D eigenvalue weighted by Gasteiger charge is -2.15. The third kappa shape index (κ3) is 2.72. The van der Waals surface area contributed by atoms with Crippen LogP contribution in [0, 0.1) is 0 Å². The molecule has 3 heteroatoms. The van der Waals surface area contributed by atoms with Gasteiger partial charge in [-0.05, 0) is 49.4 Å². The molecule has 2 aromatic heterocycles. The van der Waals surface area contributed by atoms with E-state index in [-0.39, 0.29) is 6.04 Å². The zero-order valence-electron chi connectivity index (χ0n) is 11.4. The highest BCUT2D eigenvalue weighted by Gasteiger charge is 2.06. The van der Waals surface area contributed by atoms with Crippen LogP contribution in [0.15, 0.2) is 73.2 Å². The van der Waals surface area contributed by atoms with Gasteiger partial charge in [0.25, 0.3) is 0 Å². The Morgan fingerprint density at radius 3 is 2.60 bits per heavy atom. The summed E-state index contributed by atoms with van der Waals surface area (Å²) in [5.41, 5.74) is 3.28. The van der Waals surface area contributed by atoms with Crippen LogP contribution >= 0.6 is 0 Å². The van der Waals surface area contributed by atoms with Crippen molar-refractivity contribution in [3.05, 3.63) is 78.9 Å². The number of hydrogen-bond donors (Lipinski definition) is 1. The first-order valence-electron chi connectivity index (χ1n) is 6.74. The van der Waals surface area contributed by atoms with Gasteiger partial charge in [0.2, 0.25) is 0 Å². The zero-order chi connectivity index (χ0) is 13.8. The van der Waals surface area contributed by atoms with E-state index in [9.17, 15) is 0 Å². The summed E-state index contributed by atoms with van der Waals surface area (Å²) in [4.78, 5) is 4.38. The van der Waals surface area contributed by atoms with Gasteiger partial charge in [-0.15, -0.1) is 0 Å². The van der Waals surface area contributed by atoms with Crippen LogP contribution < -0.4 is 5.32 Å². The summed E-state index contributed by atoms with van der Waals surface area (Å²) >= 11 is 0. The average molecular weight is 263 g/mol. The molecule has 1 unspecified atom stereocenters. The Hall–Kier alpha value is -2.55. The van der Waals surface area contributed by atoms with Crippen molar-refractivity contribution in [1.82, 2.24) is 9.55 Å². The normalized spacial score (nSPS) is 12.1. The van der Waals surface area contributed by atoms with Crippen LogP contribution in [0.25, 0.3) is 5.69 Å². The fourth-order valence-electron chi connectivity index (χ4n) is 2.22. The number of nitrogens with zero attached hydrogens (tertiary/aromatic N) is 2. The summed E-state index contributed by atoms with van der Waals surface area (Å²) in [6.45, 7) is 2.12. The summed E-state index contributed by atoms with van der Waals surface area (Å²) in [7, 11) is 0. The SMILES string of the molecule is CC(Nc1cccc(-n2cccc2)c1)c1ccccn1. The molecule has 3 aromatic rings. The Morgan fingerprint density at radius 2 is 1.85 bits per heavy atom. The molecular weight excluding hydrogens is 246 g/mol. The third-order valence-corrected chi connectivity index (χ3v) is 3.26. The van der Waals surface area contributed by atoms with E-state index >= 15 is 0 Å². The first-order chi connectivity index (χ1) is 9.83. The quantitative estimate of drug-likeness (QED) is 0.769. The number of benzene rings is 1. The molecule has 0 bridgehead atoms. The summed E-state index contributed by atoms with van der Waals surface area (Å²) in [5, 5.41) is 3.48. The first kappa shape index (κ1) is 12.5. The summed E-state index contributed by atoms with van der Waals surface area (Å²) in [6, 6.07) is 18.6. The fraction of sp³-hybridized carbons (Fsp3) is 0.118. The molecule has 0 amide bonds. The van der Waals surface area contributed by atoms with E-state index in [2.05, 4.69) is 46.1 Å². The van der Waals surface area contributed by atoms with E-state index in [4.69, 9.17) is 0 Å². The van der Waals surface area contributed by atoms with Crippen molar-refractivity contribution in [2.75, 3.05) is 5.32 Å². The molecule has 20 heavy (non-hydrogen) atoms. The number of rotatable bonds is 4. The highest BCUT2D eigenvalue weighted by atomic mass is 15.0. The van der Waals surface area contributed by atoms with Crippen molar-refractivity contribution < 1.29 is 0 Å². The van der Waals surface area contributed by atoms with Gasteiger partial charge in [-0.25, -0.2) is 0 Å². The Labute approximate surface area is 118 Å². The third-order valence-electron chi connectivity index (χ3n) is 3.26. The monoisotopic (exact) mass is 263 g/mol. The van der Waals surface area contributed by atoms with Gasteiger partial charge in [-0.1, -0.05) is 12.1 Å². The molecule has 0 spiro atoms. The molecule has 2 heterocycles. The maximum atomic E-state index is 4.38. The van der Waals surface area contributed by atoms with E-state index in [0.717, 1.165) is 17.1 Å². The molecule has 0 aliphatic carbocycles. The van der Waals surface area contributed by atoms with E-state index in [0.29, 0.717) is 0 Å². The fourth-order valence-corrected chi connectivity index (χ4v) is 2.22. The molecule has 0 radical (unpaired) electrons. The molecule has 0 saturated carbocycles. The van der Waals surface area contributed by atoms with Gasteiger partial charge in [-0.3, -0.25) is 4.98 Å². The van der Waals surface area contributed by atoms with E-state index < -0.39 is 0 Å². The maximum Gasteiger partial charge on any atom is 0.0657 e. The molecule has 0 fully saturated rings. The Bertz CT molecular complexity index is 660. The summed E-state index contributed by atoms with van der Waals surface area (Å²) in [5.74, 6) is 0. The standard InChI is InChI=1S/C17H17N3/c1-14(17-9-2-3-10-18-17)19-15-7-6-8-16(13-15)20-11-4-5-12-20/h2-14,19H,1H3. The lowest BCUT2D eigenvalue weighted by molar-refractivity contribution is 0.839. The van der Waals surface area contributed by atoms with Crippen molar-refractivity contribution >= 4 is 5.69 Å².